The van der Waals surface area contributed by atoms with E-state index >= 15 is 0 Å². The summed E-state index contributed by atoms with van der Waals surface area (Å²) in [5, 5.41) is 20.9. The first-order valence-electron chi connectivity index (χ1n) is 4.34. The number of hydrogen-bond donors (Lipinski definition) is 2. The SMILES string of the molecule is Oc1cccs1.c1ccc2[nH]nnc2c1. The Balaban J connectivity index is 0.000000124. The van der Waals surface area contributed by atoms with Crippen molar-refractivity contribution in [2.24, 2.45) is 0 Å². The van der Waals surface area contributed by atoms with Crippen LogP contribution in [0.3, 0.4) is 0 Å². The summed E-state index contributed by atoms with van der Waals surface area (Å²) < 4.78 is 0. The van der Waals surface area contributed by atoms with Gasteiger partial charge in [-0.05, 0) is 29.6 Å². The van der Waals surface area contributed by atoms with Crippen molar-refractivity contribution in [3.8, 4) is 5.06 Å². The Morgan fingerprint density at radius 2 is 2.00 bits per heavy atom. The second-order valence-corrected chi connectivity index (χ2v) is 3.71. The average molecular weight is 219 g/mol. The lowest BCUT2D eigenvalue weighted by atomic mass is 10.3. The van der Waals surface area contributed by atoms with E-state index in [1.54, 1.807) is 12.1 Å². The maximum atomic E-state index is 8.49. The maximum Gasteiger partial charge on any atom is 0.171 e. The number of para-hydroxylation sites is 1. The van der Waals surface area contributed by atoms with Crippen LogP contribution in [0.15, 0.2) is 41.8 Å². The molecule has 0 saturated heterocycles. The molecule has 76 valence electrons. The van der Waals surface area contributed by atoms with Gasteiger partial charge in [-0.2, -0.15) is 0 Å². The summed E-state index contributed by atoms with van der Waals surface area (Å²) in [4.78, 5) is 0. The summed E-state index contributed by atoms with van der Waals surface area (Å²) in [7, 11) is 0. The number of aromatic hydroxyl groups is 1. The van der Waals surface area contributed by atoms with Gasteiger partial charge in [-0.25, -0.2) is 0 Å². The Hall–Kier alpha value is -1.88. The summed E-state index contributed by atoms with van der Waals surface area (Å²) in [5.41, 5.74) is 1.90. The second-order valence-electron chi connectivity index (χ2n) is 2.78. The lowest BCUT2D eigenvalue weighted by Crippen LogP contribution is -1.63. The van der Waals surface area contributed by atoms with Crippen molar-refractivity contribution in [2.75, 3.05) is 0 Å². The topological polar surface area (TPSA) is 61.8 Å². The van der Waals surface area contributed by atoms with Gasteiger partial charge in [-0.3, -0.25) is 5.10 Å². The quantitative estimate of drug-likeness (QED) is 0.610. The van der Waals surface area contributed by atoms with E-state index in [9.17, 15) is 0 Å². The van der Waals surface area contributed by atoms with Gasteiger partial charge in [-0.1, -0.05) is 17.3 Å². The van der Waals surface area contributed by atoms with E-state index in [0.717, 1.165) is 11.0 Å². The van der Waals surface area contributed by atoms with Crippen LogP contribution in [0.1, 0.15) is 0 Å². The van der Waals surface area contributed by atoms with Crippen molar-refractivity contribution >= 4 is 22.4 Å². The van der Waals surface area contributed by atoms with E-state index < -0.39 is 0 Å². The third kappa shape index (κ3) is 2.54. The Morgan fingerprint density at radius 1 is 1.13 bits per heavy atom. The first-order chi connectivity index (χ1) is 7.36. The third-order valence-corrected chi connectivity index (χ3v) is 2.41. The molecule has 0 fully saturated rings. The van der Waals surface area contributed by atoms with Crippen molar-refractivity contribution in [2.45, 2.75) is 0 Å². The molecule has 2 aromatic heterocycles. The van der Waals surface area contributed by atoms with Crippen LogP contribution in [0, 0.1) is 0 Å². The van der Waals surface area contributed by atoms with Gasteiger partial charge in [0.25, 0.3) is 0 Å². The zero-order chi connectivity index (χ0) is 10.5. The smallest absolute Gasteiger partial charge is 0.171 e. The minimum Gasteiger partial charge on any atom is -0.499 e. The molecule has 3 aromatic rings. The lowest BCUT2D eigenvalue weighted by Gasteiger charge is -1.79. The fourth-order valence-electron chi connectivity index (χ4n) is 1.06. The van der Waals surface area contributed by atoms with Crippen LogP contribution in [0.4, 0.5) is 0 Å². The fraction of sp³-hybridized carbons (Fsp3) is 0. The van der Waals surface area contributed by atoms with Crippen molar-refractivity contribution < 1.29 is 5.11 Å². The van der Waals surface area contributed by atoms with Gasteiger partial charge in [0.2, 0.25) is 0 Å². The highest BCUT2D eigenvalue weighted by atomic mass is 32.1. The molecule has 15 heavy (non-hydrogen) atoms. The van der Waals surface area contributed by atoms with Crippen molar-refractivity contribution in [3.63, 3.8) is 0 Å². The lowest BCUT2D eigenvalue weighted by molar-refractivity contribution is 0.491. The Bertz CT molecular complexity index is 488. The molecular formula is C10H9N3OS. The van der Waals surface area contributed by atoms with Crippen molar-refractivity contribution in [3.05, 3.63) is 41.8 Å². The van der Waals surface area contributed by atoms with E-state index in [1.807, 2.05) is 29.6 Å². The first kappa shape index (κ1) is 9.67. The van der Waals surface area contributed by atoms with E-state index in [1.165, 1.54) is 11.3 Å². The predicted octanol–water partition coefficient (Wildman–Crippen LogP) is 2.41. The molecule has 5 heteroatoms. The second kappa shape index (κ2) is 4.56. The first-order valence-corrected chi connectivity index (χ1v) is 5.22. The van der Waals surface area contributed by atoms with Gasteiger partial charge in [0.1, 0.15) is 5.52 Å². The van der Waals surface area contributed by atoms with Crippen LogP contribution in [-0.4, -0.2) is 20.5 Å². The number of H-pyrrole nitrogens is 1. The molecule has 0 aliphatic rings. The summed E-state index contributed by atoms with van der Waals surface area (Å²) >= 11 is 1.33. The zero-order valence-electron chi connectivity index (χ0n) is 7.79. The molecule has 2 N–H and O–H groups in total. The highest BCUT2D eigenvalue weighted by Gasteiger charge is 1.90. The van der Waals surface area contributed by atoms with E-state index in [0.29, 0.717) is 5.06 Å². The molecular weight excluding hydrogens is 210 g/mol. The number of rotatable bonds is 0. The zero-order valence-corrected chi connectivity index (χ0v) is 8.61. The van der Waals surface area contributed by atoms with Crippen LogP contribution >= 0.6 is 11.3 Å². The highest BCUT2D eigenvalue weighted by Crippen LogP contribution is 2.14. The highest BCUT2D eigenvalue weighted by molar-refractivity contribution is 7.11. The maximum absolute atomic E-state index is 8.49. The number of nitrogens with zero attached hydrogens (tertiary/aromatic N) is 2. The molecule has 0 aliphatic heterocycles. The molecule has 0 saturated carbocycles. The molecule has 0 atom stereocenters. The normalized spacial score (nSPS) is 9.60. The molecule has 0 aliphatic carbocycles. The van der Waals surface area contributed by atoms with E-state index in [-0.39, 0.29) is 0 Å². The number of benzene rings is 1. The van der Waals surface area contributed by atoms with Gasteiger partial charge < -0.3 is 5.11 Å². The number of fused-ring (bicyclic) bond motifs is 1. The van der Waals surface area contributed by atoms with Crippen LogP contribution in [0.5, 0.6) is 5.06 Å². The van der Waals surface area contributed by atoms with Gasteiger partial charge in [-0.15, -0.1) is 16.4 Å². The molecule has 0 bridgehead atoms. The molecule has 0 spiro atoms. The molecule has 3 rings (SSSR count). The number of aromatic nitrogens is 3. The number of aromatic amines is 1. The van der Waals surface area contributed by atoms with Crippen LogP contribution < -0.4 is 0 Å². The summed E-state index contributed by atoms with van der Waals surface area (Å²) in [6, 6.07) is 11.2. The molecule has 2 heterocycles. The molecule has 0 unspecified atom stereocenters. The standard InChI is InChI=1S/C6H5N3.C4H4OS/c1-2-4-6-5(3-1)7-9-8-6;5-4-2-1-3-6-4/h1-4H,(H,7,8,9);1-3,5H. The van der Waals surface area contributed by atoms with Crippen molar-refractivity contribution in [1.82, 2.24) is 15.4 Å². The Kier molecular flexibility index (Phi) is 2.94. The Labute approximate surface area is 90.2 Å². The van der Waals surface area contributed by atoms with Crippen LogP contribution in [0.25, 0.3) is 11.0 Å². The largest absolute Gasteiger partial charge is 0.499 e. The van der Waals surface area contributed by atoms with E-state index in [2.05, 4.69) is 15.4 Å². The predicted molar refractivity (Wildman–Crippen MR) is 59.9 cm³/mol. The van der Waals surface area contributed by atoms with Gasteiger partial charge in [0, 0.05) is 0 Å². The molecule has 1 aromatic carbocycles. The minimum absolute atomic E-state index is 0.384. The molecule has 0 amide bonds. The van der Waals surface area contributed by atoms with Crippen LogP contribution in [-0.2, 0) is 0 Å². The monoisotopic (exact) mass is 219 g/mol. The number of thiophene rings is 1. The van der Waals surface area contributed by atoms with E-state index in [4.69, 9.17) is 5.11 Å². The van der Waals surface area contributed by atoms with Gasteiger partial charge >= 0.3 is 0 Å². The summed E-state index contributed by atoms with van der Waals surface area (Å²) in [6.07, 6.45) is 0. The number of hydrogen-bond acceptors (Lipinski definition) is 4. The third-order valence-electron chi connectivity index (χ3n) is 1.74. The molecule has 4 nitrogen and oxygen atoms in total. The van der Waals surface area contributed by atoms with Crippen LogP contribution in [0.2, 0.25) is 0 Å². The fourth-order valence-corrected chi connectivity index (χ4v) is 1.51. The summed E-state index contributed by atoms with van der Waals surface area (Å²) in [5.74, 6) is 0. The van der Waals surface area contributed by atoms with Crippen molar-refractivity contribution in [1.29, 1.82) is 0 Å². The molecule has 0 radical (unpaired) electrons. The number of nitrogens with one attached hydrogen (secondary N) is 1. The van der Waals surface area contributed by atoms with Gasteiger partial charge in [0.05, 0.1) is 5.52 Å². The summed E-state index contributed by atoms with van der Waals surface area (Å²) in [6.45, 7) is 0. The van der Waals surface area contributed by atoms with Gasteiger partial charge in [0.15, 0.2) is 5.06 Å². The average Bonchev–Trinajstić information content (AvgIpc) is 2.88. The minimum atomic E-state index is 0.384. The Morgan fingerprint density at radius 3 is 2.60 bits per heavy atom.